The number of para-hydroxylation sites is 2. The molecule has 0 radical (unpaired) electrons. The Hall–Kier alpha value is -2.70. The van der Waals surface area contributed by atoms with Gasteiger partial charge >= 0.3 is 0 Å². The fourth-order valence-electron chi connectivity index (χ4n) is 3.87. The highest BCUT2D eigenvalue weighted by atomic mass is 19.1. The maximum atomic E-state index is 14.4. The minimum Gasteiger partial charge on any atom is -0.435 e. The van der Waals surface area contributed by atoms with E-state index in [9.17, 15) is 9.50 Å². The van der Waals surface area contributed by atoms with Gasteiger partial charge in [0.25, 0.3) is 0 Å². The molecule has 1 N–H and O–H groups in total. The van der Waals surface area contributed by atoms with E-state index in [1.54, 1.807) is 22.9 Å². The van der Waals surface area contributed by atoms with Crippen molar-refractivity contribution in [1.29, 1.82) is 0 Å². The Kier molecular flexibility index (Phi) is 6.68. The first-order valence-electron chi connectivity index (χ1n) is 11.0. The first-order chi connectivity index (χ1) is 15.0. The number of hydrogen-bond donors (Lipinski definition) is 1. The number of halogens is 1. The summed E-state index contributed by atoms with van der Waals surface area (Å²) in [5.41, 5.74) is 2.72. The number of aryl methyl sites for hydroxylation is 1. The third kappa shape index (κ3) is 5.32. The summed E-state index contributed by atoms with van der Waals surface area (Å²) in [6, 6.07) is 16.2. The van der Waals surface area contributed by atoms with E-state index in [0.29, 0.717) is 24.9 Å². The molecule has 1 aliphatic rings. The van der Waals surface area contributed by atoms with Gasteiger partial charge < -0.3 is 9.84 Å². The molecule has 1 fully saturated rings. The summed E-state index contributed by atoms with van der Waals surface area (Å²) < 4.78 is 22.4. The molecule has 2 aromatic carbocycles. The van der Waals surface area contributed by atoms with Crippen LogP contribution in [-0.2, 0) is 13.0 Å². The molecule has 1 atom stereocenters. The van der Waals surface area contributed by atoms with Gasteiger partial charge in [-0.2, -0.15) is 5.10 Å². The molecular formula is C25H30FN3O2. The second-order valence-electron chi connectivity index (χ2n) is 8.35. The fraction of sp³-hybridized carbons (Fsp3) is 0.400. The maximum absolute atomic E-state index is 14.4. The highest BCUT2D eigenvalue weighted by molar-refractivity contribution is 5.44. The second kappa shape index (κ2) is 9.62. The zero-order chi connectivity index (χ0) is 21.8. The summed E-state index contributed by atoms with van der Waals surface area (Å²) in [7, 11) is 0. The summed E-state index contributed by atoms with van der Waals surface area (Å²) in [6.45, 7) is 5.99. The van der Waals surface area contributed by atoms with Gasteiger partial charge in [0.1, 0.15) is 0 Å². The smallest absolute Gasteiger partial charge is 0.227 e. The highest BCUT2D eigenvalue weighted by Crippen LogP contribution is 2.35. The van der Waals surface area contributed by atoms with E-state index in [2.05, 4.69) is 11.8 Å². The van der Waals surface area contributed by atoms with Crippen LogP contribution < -0.4 is 4.74 Å². The van der Waals surface area contributed by atoms with Crippen LogP contribution in [-0.4, -0.2) is 39.0 Å². The molecule has 1 heterocycles. The number of ether oxygens (including phenoxy) is 1. The van der Waals surface area contributed by atoms with Crippen molar-refractivity contribution in [2.45, 2.75) is 45.8 Å². The van der Waals surface area contributed by atoms with Crippen LogP contribution >= 0.6 is 0 Å². The Morgan fingerprint density at radius 1 is 1.16 bits per heavy atom. The van der Waals surface area contributed by atoms with Crippen molar-refractivity contribution >= 4 is 0 Å². The molecule has 0 unspecified atom stereocenters. The molecule has 5 nitrogen and oxygen atoms in total. The minimum absolute atomic E-state index is 0.174. The topological polar surface area (TPSA) is 50.5 Å². The van der Waals surface area contributed by atoms with E-state index in [1.807, 2.05) is 37.3 Å². The number of benzene rings is 2. The zero-order valence-electron chi connectivity index (χ0n) is 18.2. The maximum Gasteiger partial charge on any atom is 0.227 e. The predicted octanol–water partition coefficient (Wildman–Crippen LogP) is 4.96. The number of aliphatic hydroxyl groups excluding tert-OH is 1. The SMILES string of the molecule is CCc1nn(-c2ccccc2)c(Oc2ccccc2F)c1CN(CC1CC1)C[C@@H](C)O. The number of aromatic nitrogens is 2. The van der Waals surface area contributed by atoms with E-state index in [1.165, 1.54) is 18.9 Å². The summed E-state index contributed by atoms with van der Waals surface area (Å²) in [5, 5.41) is 14.9. The lowest BCUT2D eigenvalue weighted by atomic mass is 10.1. The van der Waals surface area contributed by atoms with Crippen molar-refractivity contribution in [3.05, 3.63) is 71.7 Å². The highest BCUT2D eigenvalue weighted by Gasteiger charge is 2.28. The Balaban J connectivity index is 1.76. The molecular weight excluding hydrogens is 393 g/mol. The van der Waals surface area contributed by atoms with Gasteiger partial charge in [0, 0.05) is 19.6 Å². The van der Waals surface area contributed by atoms with E-state index >= 15 is 0 Å². The summed E-state index contributed by atoms with van der Waals surface area (Å²) in [6.07, 6.45) is 2.77. The molecule has 1 aromatic heterocycles. The third-order valence-electron chi connectivity index (χ3n) is 5.52. The minimum atomic E-state index is -0.427. The van der Waals surface area contributed by atoms with Gasteiger partial charge in [-0.15, -0.1) is 0 Å². The number of aliphatic hydroxyl groups is 1. The lowest BCUT2D eigenvalue weighted by Crippen LogP contribution is -2.32. The number of rotatable bonds is 10. The Morgan fingerprint density at radius 3 is 2.52 bits per heavy atom. The van der Waals surface area contributed by atoms with E-state index in [0.717, 1.165) is 29.9 Å². The molecule has 4 rings (SSSR count). The quantitative estimate of drug-likeness (QED) is 0.501. The first kappa shape index (κ1) is 21.5. The third-order valence-corrected chi connectivity index (χ3v) is 5.52. The van der Waals surface area contributed by atoms with Gasteiger partial charge in [-0.1, -0.05) is 37.3 Å². The molecule has 0 bridgehead atoms. The van der Waals surface area contributed by atoms with Crippen molar-refractivity contribution in [2.24, 2.45) is 5.92 Å². The number of nitrogens with zero attached hydrogens (tertiary/aromatic N) is 3. The summed E-state index contributed by atoms with van der Waals surface area (Å²) in [5.74, 6) is 0.974. The molecule has 1 aliphatic carbocycles. The molecule has 0 aliphatic heterocycles. The number of hydrogen-bond acceptors (Lipinski definition) is 4. The van der Waals surface area contributed by atoms with Gasteiger partial charge in [0.05, 0.1) is 23.0 Å². The monoisotopic (exact) mass is 423 g/mol. The second-order valence-corrected chi connectivity index (χ2v) is 8.35. The van der Waals surface area contributed by atoms with Crippen LogP contribution in [0.15, 0.2) is 54.6 Å². The van der Waals surface area contributed by atoms with Crippen LogP contribution in [0.1, 0.15) is 37.9 Å². The van der Waals surface area contributed by atoms with Crippen LogP contribution in [0.2, 0.25) is 0 Å². The molecule has 1 saturated carbocycles. The largest absolute Gasteiger partial charge is 0.435 e. The van der Waals surface area contributed by atoms with Crippen molar-refractivity contribution in [1.82, 2.24) is 14.7 Å². The van der Waals surface area contributed by atoms with Gasteiger partial charge in [-0.05, 0) is 56.4 Å². The van der Waals surface area contributed by atoms with Crippen molar-refractivity contribution in [3.8, 4) is 17.3 Å². The fourth-order valence-corrected chi connectivity index (χ4v) is 3.87. The van der Waals surface area contributed by atoms with Crippen LogP contribution in [0, 0.1) is 11.7 Å². The van der Waals surface area contributed by atoms with E-state index < -0.39 is 11.9 Å². The Morgan fingerprint density at radius 2 is 1.87 bits per heavy atom. The lowest BCUT2D eigenvalue weighted by molar-refractivity contribution is 0.118. The van der Waals surface area contributed by atoms with Crippen molar-refractivity contribution < 1.29 is 14.2 Å². The standard InChI is InChI=1S/C25H30FN3O2/c1-3-23-21(17-28(15-18(2)30)16-19-13-14-19)25(31-24-12-8-7-11-22(24)26)29(27-23)20-9-5-4-6-10-20/h4-12,18-19,30H,3,13-17H2,1-2H3/t18-/m1/s1. The Bertz CT molecular complexity index is 995. The summed E-state index contributed by atoms with van der Waals surface area (Å²) in [4.78, 5) is 2.27. The van der Waals surface area contributed by atoms with Gasteiger partial charge in [0.15, 0.2) is 11.6 Å². The lowest BCUT2D eigenvalue weighted by Gasteiger charge is -2.24. The van der Waals surface area contributed by atoms with Gasteiger partial charge in [-0.3, -0.25) is 4.90 Å². The van der Waals surface area contributed by atoms with E-state index in [4.69, 9.17) is 9.84 Å². The Labute approximate surface area is 183 Å². The molecule has 164 valence electrons. The van der Waals surface area contributed by atoms with Crippen molar-refractivity contribution in [2.75, 3.05) is 13.1 Å². The van der Waals surface area contributed by atoms with Gasteiger partial charge in [0.2, 0.25) is 5.88 Å². The summed E-state index contributed by atoms with van der Waals surface area (Å²) >= 11 is 0. The molecule has 6 heteroatoms. The molecule has 31 heavy (non-hydrogen) atoms. The van der Waals surface area contributed by atoms with Crippen LogP contribution in [0.5, 0.6) is 11.6 Å². The normalized spacial score (nSPS) is 14.7. The predicted molar refractivity (Wildman–Crippen MR) is 119 cm³/mol. The first-order valence-corrected chi connectivity index (χ1v) is 11.0. The molecule has 3 aromatic rings. The van der Waals surface area contributed by atoms with Crippen LogP contribution in [0.4, 0.5) is 4.39 Å². The molecule has 0 amide bonds. The molecule has 0 spiro atoms. The van der Waals surface area contributed by atoms with Crippen LogP contribution in [0.3, 0.4) is 0 Å². The van der Waals surface area contributed by atoms with Gasteiger partial charge in [-0.25, -0.2) is 9.07 Å². The van der Waals surface area contributed by atoms with E-state index in [-0.39, 0.29) is 5.75 Å². The average molecular weight is 424 g/mol. The van der Waals surface area contributed by atoms with Crippen LogP contribution in [0.25, 0.3) is 5.69 Å². The average Bonchev–Trinajstić information content (AvgIpc) is 3.51. The zero-order valence-corrected chi connectivity index (χ0v) is 18.2. The van der Waals surface area contributed by atoms with Crippen molar-refractivity contribution in [3.63, 3.8) is 0 Å². The molecule has 0 saturated heterocycles.